The molecule has 1 heterocycles. The zero-order chi connectivity index (χ0) is 23.4. The summed E-state index contributed by atoms with van der Waals surface area (Å²) in [5, 5.41) is 10.6. The topological polar surface area (TPSA) is 148 Å². The van der Waals surface area contributed by atoms with Crippen molar-refractivity contribution in [3.8, 4) is 5.69 Å². The van der Waals surface area contributed by atoms with Crippen LogP contribution in [0.15, 0.2) is 59.8 Å². The molecule has 3 N–H and O–H groups in total. The van der Waals surface area contributed by atoms with Gasteiger partial charge in [-0.05, 0) is 52.9 Å². The highest BCUT2D eigenvalue weighted by molar-refractivity contribution is 7.89. The molecule has 0 atom stereocenters. The average molecular weight is 469 g/mol. The number of nitrogens with one attached hydrogen (secondary N) is 3. The lowest BCUT2D eigenvalue weighted by Gasteiger charge is -2.11. The Kier molecular flexibility index (Phi) is 6.50. The molecule has 0 aliphatic rings. The summed E-state index contributed by atoms with van der Waals surface area (Å²) >= 11 is 0. The lowest BCUT2D eigenvalue weighted by molar-refractivity contribution is -0.137. The lowest BCUT2D eigenvalue weighted by Crippen LogP contribution is -2.46. The average Bonchev–Trinajstić information content (AvgIpc) is 3.31. The van der Waals surface area contributed by atoms with Crippen LogP contribution in [0, 0.1) is 0 Å². The third-order valence-electron chi connectivity index (χ3n) is 3.95. The van der Waals surface area contributed by atoms with E-state index in [-0.39, 0.29) is 5.56 Å². The Morgan fingerprint density at radius 2 is 1.75 bits per heavy atom. The summed E-state index contributed by atoms with van der Waals surface area (Å²) in [5.41, 5.74) is 3.69. The first kappa shape index (κ1) is 22.8. The van der Waals surface area contributed by atoms with Crippen LogP contribution in [0.4, 0.5) is 13.2 Å². The summed E-state index contributed by atoms with van der Waals surface area (Å²) in [7, 11) is -4.40. The highest BCUT2D eigenvalue weighted by Gasteiger charge is 2.31. The number of carbonyl (C=O) groups is 2. The molecule has 0 spiro atoms. The monoisotopic (exact) mass is 469 g/mol. The molecule has 0 radical (unpaired) electrons. The van der Waals surface area contributed by atoms with E-state index in [1.165, 1.54) is 23.1 Å². The van der Waals surface area contributed by atoms with Gasteiger partial charge in [0.1, 0.15) is 6.33 Å². The Labute approximate surface area is 178 Å². The number of alkyl halides is 3. The van der Waals surface area contributed by atoms with E-state index in [1.807, 2.05) is 10.1 Å². The molecule has 0 bridgehead atoms. The SMILES string of the molecule is O=C(CNS(=O)(=O)c1cccc(C(F)(F)F)c1)NNC(=O)c1ccc(-n2cnnn2)cc1. The first-order valence-corrected chi connectivity index (χ1v) is 10.1. The third kappa shape index (κ3) is 5.64. The van der Waals surface area contributed by atoms with Gasteiger partial charge in [0.25, 0.3) is 11.8 Å². The molecule has 2 amide bonds. The zero-order valence-electron chi connectivity index (χ0n) is 15.9. The molecule has 11 nitrogen and oxygen atoms in total. The van der Waals surface area contributed by atoms with Crippen molar-refractivity contribution >= 4 is 21.8 Å². The molecule has 0 unspecified atom stereocenters. The summed E-state index contributed by atoms with van der Waals surface area (Å²) in [4.78, 5) is 23.3. The molecule has 3 rings (SSSR count). The van der Waals surface area contributed by atoms with E-state index in [0.717, 1.165) is 18.2 Å². The number of nitrogens with zero attached hydrogens (tertiary/aromatic N) is 4. The van der Waals surface area contributed by atoms with E-state index in [0.29, 0.717) is 11.8 Å². The zero-order valence-corrected chi connectivity index (χ0v) is 16.7. The molecule has 0 aliphatic carbocycles. The maximum absolute atomic E-state index is 12.8. The van der Waals surface area contributed by atoms with Gasteiger partial charge in [0.05, 0.1) is 22.7 Å². The van der Waals surface area contributed by atoms with Crippen molar-refractivity contribution < 1.29 is 31.2 Å². The molecule has 0 saturated heterocycles. The van der Waals surface area contributed by atoms with E-state index in [2.05, 4.69) is 21.0 Å². The van der Waals surface area contributed by atoms with Gasteiger partial charge in [0, 0.05) is 5.56 Å². The number of sulfonamides is 1. The highest BCUT2D eigenvalue weighted by Crippen LogP contribution is 2.30. The minimum absolute atomic E-state index is 0.173. The molecule has 1 aromatic heterocycles. The van der Waals surface area contributed by atoms with E-state index in [4.69, 9.17) is 0 Å². The summed E-state index contributed by atoms with van der Waals surface area (Å²) < 4.78 is 65.8. The number of hydrogen-bond donors (Lipinski definition) is 3. The van der Waals surface area contributed by atoms with Crippen LogP contribution in [0.3, 0.4) is 0 Å². The summed E-state index contributed by atoms with van der Waals surface area (Å²) in [6, 6.07) is 9.03. The van der Waals surface area contributed by atoms with E-state index in [1.54, 1.807) is 12.1 Å². The van der Waals surface area contributed by atoms with Crippen LogP contribution >= 0.6 is 0 Å². The third-order valence-corrected chi connectivity index (χ3v) is 5.35. The Bertz CT molecular complexity index is 1210. The minimum Gasteiger partial charge on any atom is -0.272 e. The normalized spacial score (nSPS) is 11.7. The van der Waals surface area contributed by atoms with Crippen molar-refractivity contribution in [3.63, 3.8) is 0 Å². The Morgan fingerprint density at radius 1 is 1.03 bits per heavy atom. The van der Waals surface area contributed by atoms with Crippen LogP contribution in [0.5, 0.6) is 0 Å². The number of tetrazole rings is 1. The molecule has 32 heavy (non-hydrogen) atoms. The maximum Gasteiger partial charge on any atom is 0.416 e. The Hall–Kier alpha value is -3.85. The standard InChI is InChI=1S/C17H14F3N7O4S/c18-17(19,20)12-2-1-3-14(8-12)32(30,31)22-9-15(28)23-24-16(29)11-4-6-13(7-5-11)27-10-21-25-26-27/h1-8,10,22H,9H2,(H,23,28)(H,24,29). The van der Waals surface area contributed by atoms with Gasteiger partial charge in [-0.1, -0.05) is 6.07 Å². The highest BCUT2D eigenvalue weighted by atomic mass is 32.2. The molecule has 0 saturated carbocycles. The van der Waals surface area contributed by atoms with Crippen LogP contribution in [0.2, 0.25) is 0 Å². The second-order valence-electron chi connectivity index (χ2n) is 6.15. The fourth-order valence-electron chi connectivity index (χ4n) is 2.37. The predicted molar refractivity (Wildman–Crippen MR) is 101 cm³/mol. The second kappa shape index (κ2) is 9.11. The number of hydrazine groups is 1. The van der Waals surface area contributed by atoms with Crippen molar-refractivity contribution in [2.24, 2.45) is 0 Å². The molecular formula is C17H14F3N7O4S. The molecule has 168 valence electrons. The molecular weight excluding hydrogens is 455 g/mol. The lowest BCUT2D eigenvalue weighted by atomic mass is 10.2. The Balaban J connectivity index is 1.53. The van der Waals surface area contributed by atoms with Crippen molar-refractivity contribution in [2.45, 2.75) is 11.1 Å². The van der Waals surface area contributed by atoms with E-state index >= 15 is 0 Å². The molecule has 3 aromatic rings. The first-order valence-electron chi connectivity index (χ1n) is 8.66. The van der Waals surface area contributed by atoms with E-state index in [9.17, 15) is 31.2 Å². The number of aromatic nitrogens is 4. The molecule has 0 aliphatic heterocycles. The molecule has 15 heteroatoms. The van der Waals surface area contributed by atoms with Gasteiger partial charge in [-0.3, -0.25) is 20.4 Å². The summed E-state index contributed by atoms with van der Waals surface area (Å²) in [6.45, 7) is -0.822. The van der Waals surface area contributed by atoms with Crippen molar-refractivity contribution in [2.75, 3.05) is 6.54 Å². The maximum atomic E-state index is 12.8. The summed E-state index contributed by atoms with van der Waals surface area (Å²) in [5.74, 6) is -1.64. The van der Waals surface area contributed by atoms with Gasteiger partial charge in [-0.15, -0.1) is 5.10 Å². The minimum atomic E-state index is -4.72. The van der Waals surface area contributed by atoms with Gasteiger partial charge in [-0.25, -0.2) is 17.8 Å². The van der Waals surface area contributed by atoms with Crippen LogP contribution in [0.25, 0.3) is 5.69 Å². The largest absolute Gasteiger partial charge is 0.416 e. The number of halogens is 3. The number of benzene rings is 2. The van der Waals surface area contributed by atoms with Gasteiger partial charge >= 0.3 is 6.18 Å². The van der Waals surface area contributed by atoms with Crippen molar-refractivity contribution in [1.82, 2.24) is 35.8 Å². The number of hydrogen-bond acceptors (Lipinski definition) is 7. The van der Waals surface area contributed by atoms with Gasteiger partial charge in [0.2, 0.25) is 10.0 Å². The van der Waals surface area contributed by atoms with Crippen molar-refractivity contribution in [3.05, 3.63) is 66.0 Å². The van der Waals surface area contributed by atoms with Crippen LogP contribution in [-0.4, -0.2) is 47.0 Å². The molecule has 2 aromatic carbocycles. The van der Waals surface area contributed by atoms with Crippen LogP contribution in [-0.2, 0) is 21.0 Å². The predicted octanol–water partition coefficient (Wildman–Crippen LogP) is 0.421. The molecule has 0 fully saturated rings. The quantitative estimate of drug-likeness (QED) is 0.443. The number of amides is 2. The van der Waals surface area contributed by atoms with Gasteiger partial charge < -0.3 is 0 Å². The number of rotatable bonds is 6. The summed E-state index contributed by atoms with van der Waals surface area (Å²) in [6.07, 6.45) is -3.37. The van der Waals surface area contributed by atoms with Gasteiger partial charge in [-0.2, -0.15) is 13.2 Å². The second-order valence-corrected chi connectivity index (χ2v) is 7.92. The van der Waals surface area contributed by atoms with E-state index < -0.39 is 45.0 Å². The Morgan fingerprint density at radius 3 is 2.38 bits per heavy atom. The fraction of sp³-hybridized carbons (Fsp3) is 0.118. The first-order chi connectivity index (χ1) is 15.1. The fourth-order valence-corrected chi connectivity index (χ4v) is 3.40. The van der Waals surface area contributed by atoms with Crippen LogP contribution in [0.1, 0.15) is 15.9 Å². The van der Waals surface area contributed by atoms with Crippen LogP contribution < -0.4 is 15.6 Å². The van der Waals surface area contributed by atoms with Crippen molar-refractivity contribution in [1.29, 1.82) is 0 Å². The number of carbonyl (C=O) groups excluding carboxylic acids is 2. The smallest absolute Gasteiger partial charge is 0.272 e. The van der Waals surface area contributed by atoms with Gasteiger partial charge in [0.15, 0.2) is 0 Å².